The lowest BCUT2D eigenvalue weighted by Gasteiger charge is -2.28. The molecule has 0 aliphatic carbocycles. The smallest absolute Gasteiger partial charge is 0.335 e. The zero-order valence-electron chi connectivity index (χ0n) is 15.1. The number of rotatable bonds is 5. The van der Waals surface area contributed by atoms with Crippen molar-refractivity contribution in [3.8, 4) is 5.75 Å². The molecule has 9 nitrogen and oxygen atoms in total. The molecule has 10 heteroatoms. The third-order valence-electron chi connectivity index (χ3n) is 4.04. The summed E-state index contributed by atoms with van der Waals surface area (Å²) < 4.78 is 19.0. The van der Waals surface area contributed by atoms with Crippen molar-refractivity contribution >= 4 is 35.7 Å². The Balaban J connectivity index is 1.74. The van der Waals surface area contributed by atoms with Gasteiger partial charge in [0.1, 0.15) is 11.6 Å². The Kier molecular flexibility index (Phi) is 5.63. The van der Waals surface area contributed by atoms with Crippen LogP contribution in [-0.4, -0.2) is 37.1 Å². The minimum absolute atomic E-state index is 0.269. The van der Waals surface area contributed by atoms with E-state index in [4.69, 9.17) is 4.74 Å². The van der Waals surface area contributed by atoms with Gasteiger partial charge in [-0.2, -0.15) is 5.10 Å². The van der Waals surface area contributed by atoms with Gasteiger partial charge in [0, 0.05) is 11.8 Å². The highest BCUT2D eigenvalue weighted by Gasteiger charge is 2.41. The number of amides is 5. The van der Waals surface area contributed by atoms with Crippen LogP contribution in [0.15, 0.2) is 53.6 Å². The van der Waals surface area contributed by atoms with Crippen molar-refractivity contribution in [3.05, 3.63) is 59.9 Å². The van der Waals surface area contributed by atoms with Crippen LogP contribution in [0.25, 0.3) is 0 Å². The molecule has 0 bridgehead atoms. The number of methoxy groups -OCH3 is 1. The topological polar surface area (TPSA) is 117 Å². The van der Waals surface area contributed by atoms with Crippen molar-refractivity contribution < 1.29 is 28.3 Å². The summed E-state index contributed by atoms with van der Waals surface area (Å²) in [4.78, 5) is 49.2. The Bertz CT molecular complexity index is 1010. The van der Waals surface area contributed by atoms with Gasteiger partial charge in [0.15, 0.2) is 5.92 Å². The van der Waals surface area contributed by atoms with E-state index in [1.165, 1.54) is 37.4 Å². The van der Waals surface area contributed by atoms with E-state index in [1.54, 1.807) is 12.1 Å². The standard InChI is InChI=1S/C19H15FN4O5/c1-29-12-8-6-11(7-9-12)16(25)23-21-10-13-17(26)22-19(28)24(18(13)27)15-5-3-2-4-14(15)20/h2-10,13H,1H3,(H,23,25)(H,22,26,28)/b21-10-/t13-/m0/s1. The van der Waals surface area contributed by atoms with Crippen molar-refractivity contribution in [2.75, 3.05) is 12.0 Å². The third-order valence-corrected chi connectivity index (χ3v) is 4.04. The molecule has 1 fully saturated rings. The maximum atomic E-state index is 14.0. The van der Waals surface area contributed by atoms with E-state index < -0.39 is 35.5 Å². The lowest BCUT2D eigenvalue weighted by Crippen LogP contribution is -2.59. The maximum Gasteiger partial charge on any atom is 0.335 e. The number of para-hydroxylation sites is 1. The van der Waals surface area contributed by atoms with Crippen molar-refractivity contribution in [1.82, 2.24) is 10.7 Å². The molecule has 0 radical (unpaired) electrons. The molecule has 0 saturated carbocycles. The number of imide groups is 2. The number of carbonyl (C=O) groups is 4. The molecule has 1 heterocycles. The van der Waals surface area contributed by atoms with Crippen LogP contribution in [0, 0.1) is 11.7 Å². The zero-order valence-corrected chi connectivity index (χ0v) is 15.1. The van der Waals surface area contributed by atoms with Crippen molar-refractivity contribution in [1.29, 1.82) is 0 Å². The van der Waals surface area contributed by atoms with Gasteiger partial charge in [0.25, 0.3) is 11.8 Å². The lowest BCUT2D eigenvalue weighted by molar-refractivity contribution is -0.131. The van der Waals surface area contributed by atoms with Crippen LogP contribution < -0.4 is 20.4 Å². The van der Waals surface area contributed by atoms with Gasteiger partial charge in [-0.15, -0.1) is 0 Å². The number of barbiturate groups is 1. The number of urea groups is 1. The lowest BCUT2D eigenvalue weighted by atomic mass is 10.1. The van der Waals surface area contributed by atoms with E-state index in [1.807, 2.05) is 5.32 Å². The first-order valence-corrected chi connectivity index (χ1v) is 8.33. The molecule has 3 rings (SSSR count). The highest BCUT2D eigenvalue weighted by Crippen LogP contribution is 2.23. The largest absolute Gasteiger partial charge is 0.497 e. The van der Waals surface area contributed by atoms with Crippen LogP contribution in [0.5, 0.6) is 5.75 Å². The van der Waals surface area contributed by atoms with Crippen LogP contribution in [0.3, 0.4) is 0 Å². The molecule has 1 saturated heterocycles. The summed E-state index contributed by atoms with van der Waals surface area (Å²) in [5.41, 5.74) is 2.15. The summed E-state index contributed by atoms with van der Waals surface area (Å²) in [5.74, 6) is -4.29. The van der Waals surface area contributed by atoms with Crippen molar-refractivity contribution in [2.45, 2.75) is 0 Å². The SMILES string of the molecule is COc1ccc(C(=O)N/N=C\[C@H]2C(=O)NC(=O)N(c3ccccc3F)C2=O)cc1. The number of nitrogens with zero attached hydrogens (tertiary/aromatic N) is 2. The number of ether oxygens (including phenoxy) is 1. The Morgan fingerprint density at radius 1 is 1.17 bits per heavy atom. The fourth-order valence-corrected chi connectivity index (χ4v) is 2.56. The number of hydrogen-bond acceptors (Lipinski definition) is 6. The second-order valence-corrected chi connectivity index (χ2v) is 5.84. The summed E-state index contributed by atoms with van der Waals surface area (Å²) in [7, 11) is 1.49. The zero-order chi connectivity index (χ0) is 21.0. The summed E-state index contributed by atoms with van der Waals surface area (Å²) in [6, 6.07) is 10.2. The van der Waals surface area contributed by atoms with Gasteiger partial charge >= 0.3 is 6.03 Å². The van der Waals surface area contributed by atoms with Crippen LogP contribution in [0.1, 0.15) is 10.4 Å². The first-order valence-electron chi connectivity index (χ1n) is 8.33. The fourth-order valence-electron chi connectivity index (χ4n) is 2.56. The Morgan fingerprint density at radius 2 is 1.86 bits per heavy atom. The summed E-state index contributed by atoms with van der Waals surface area (Å²) in [5, 5.41) is 5.58. The molecule has 0 spiro atoms. The molecule has 0 aromatic heterocycles. The summed E-state index contributed by atoms with van der Waals surface area (Å²) in [6.07, 6.45) is 0.874. The average molecular weight is 398 g/mol. The van der Waals surface area contributed by atoms with Gasteiger partial charge < -0.3 is 4.74 Å². The molecule has 5 amide bonds. The van der Waals surface area contributed by atoms with Gasteiger partial charge in [-0.05, 0) is 36.4 Å². The number of benzene rings is 2. The number of anilines is 1. The predicted octanol–water partition coefficient (Wildman–Crippen LogP) is 1.45. The van der Waals surface area contributed by atoms with Crippen LogP contribution in [0.4, 0.5) is 14.9 Å². The van der Waals surface area contributed by atoms with Crippen LogP contribution >= 0.6 is 0 Å². The number of hydrogen-bond donors (Lipinski definition) is 2. The highest BCUT2D eigenvalue weighted by atomic mass is 19.1. The molecular formula is C19H15FN4O5. The fraction of sp³-hybridized carbons (Fsp3) is 0.105. The number of halogens is 1. The Morgan fingerprint density at radius 3 is 2.52 bits per heavy atom. The second kappa shape index (κ2) is 8.30. The van der Waals surface area contributed by atoms with E-state index in [0.29, 0.717) is 10.6 Å². The average Bonchev–Trinajstić information content (AvgIpc) is 2.71. The minimum Gasteiger partial charge on any atom is -0.497 e. The van der Waals surface area contributed by atoms with Gasteiger partial charge in [-0.25, -0.2) is 19.5 Å². The van der Waals surface area contributed by atoms with Gasteiger partial charge in [0.05, 0.1) is 12.8 Å². The van der Waals surface area contributed by atoms with Gasteiger partial charge in [0.2, 0.25) is 5.91 Å². The molecule has 2 aromatic carbocycles. The molecule has 0 unspecified atom stereocenters. The molecule has 2 N–H and O–H groups in total. The van der Waals surface area contributed by atoms with E-state index in [-0.39, 0.29) is 11.3 Å². The summed E-state index contributed by atoms with van der Waals surface area (Å²) in [6.45, 7) is 0. The molecule has 1 aliphatic rings. The minimum atomic E-state index is -1.52. The molecule has 1 atom stereocenters. The molecular weight excluding hydrogens is 383 g/mol. The van der Waals surface area contributed by atoms with E-state index in [9.17, 15) is 23.6 Å². The quantitative estimate of drug-likeness (QED) is 0.449. The van der Waals surface area contributed by atoms with Crippen LogP contribution in [-0.2, 0) is 9.59 Å². The Hall–Kier alpha value is -4.08. The molecule has 1 aliphatic heterocycles. The number of carbonyl (C=O) groups excluding carboxylic acids is 4. The molecule has 29 heavy (non-hydrogen) atoms. The highest BCUT2D eigenvalue weighted by molar-refractivity contribution is 6.32. The van der Waals surface area contributed by atoms with Crippen LogP contribution in [0.2, 0.25) is 0 Å². The number of nitrogens with one attached hydrogen (secondary N) is 2. The Labute approximate surface area is 164 Å². The summed E-state index contributed by atoms with van der Waals surface area (Å²) >= 11 is 0. The van der Waals surface area contributed by atoms with Gasteiger partial charge in [-0.3, -0.25) is 19.7 Å². The second-order valence-electron chi connectivity index (χ2n) is 5.84. The monoisotopic (exact) mass is 398 g/mol. The van der Waals surface area contributed by atoms with Crippen molar-refractivity contribution in [3.63, 3.8) is 0 Å². The third kappa shape index (κ3) is 4.10. The molecule has 2 aromatic rings. The maximum absolute atomic E-state index is 14.0. The van der Waals surface area contributed by atoms with Crippen molar-refractivity contribution in [2.24, 2.45) is 11.0 Å². The van der Waals surface area contributed by atoms with E-state index >= 15 is 0 Å². The number of hydrazone groups is 1. The van der Waals surface area contributed by atoms with E-state index in [2.05, 4.69) is 10.5 Å². The first kappa shape index (κ1) is 19.7. The predicted molar refractivity (Wildman–Crippen MR) is 99.9 cm³/mol. The normalized spacial score (nSPS) is 16.7. The van der Waals surface area contributed by atoms with E-state index in [0.717, 1.165) is 12.3 Å². The first-order chi connectivity index (χ1) is 13.9. The van der Waals surface area contributed by atoms with Gasteiger partial charge in [-0.1, -0.05) is 12.1 Å². The molecule has 148 valence electrons.